The molecule has 0 aliphatic heterocycles. The monoisotopic (exact) mass is 264 g/mol. The minimum Gasteiger partial charge on any atom is -0.384 e. The van der Waals surface area contributed by atoms with Gasteiger partial charge in [0.05, 0.1) is 18.0 Å². The van der Waals surface area contributed by atoms with E-state index < -0.39 is 0 Å². The number of nitrogens with one attached hydrogen (secondary N) is 1. The maximum Gasteiger partial charge on any atom is 0.186 e. The smallest absolute Gasteiger partial charge is 0.186 e. The van der Waals surface area contributed by atoms with Crippen molar-refractivity contribution in [1.29, 1.82) is 5.41 Å². The predicted octanol–water partition coefficient (Wildman–Crippen LogP) is 1.61. The Morgan fingerprint density at radius 1 is 1.10 bits per heavy atom. The Morgan fingerprint density at radius 3 is 2.65 bits per heavy atom. The zero-order chi connectivity index (χ0) is 13.9. The van der Waals surface area contributed by atoms with Crippen LogP contribution in [0.15, 0.2) is 55.0 Å². The molecule has 0 bridgehead atoms. The van der Waals surface area contributed by atoms with Gasteiger partial charge in [0.15, 0.2) is 5.82 Å². The van der Waals surface area contributed by atoms with Gasteiger partial charge < -0.3 is 5.73 Å². The van der Waals surface area contributed by atoms with Crippen LogP contribution in [-0.4, -0.2) is 25.8 Å². The number of rotatable bonds is 3. The molecule has 2 aromatic heterocycles. The van der Waals surface area contributed by atoms with Crippen LogP contribution in [0.3, 0.4) is 0 Å². The first-order chi connectivity index (χ1) is 9.75. The normalized spacial score (nSPS) is 10.4. The fourth-order valence-electron chi connectivity index (χ4n) is 1.92. The molecule has 6 nitrogen and oxygen atoms in total. The van der Waals surface area contributed by atoms with Crippen molar-refractivity contribution in [2.24, 2.45) is 5.73 Å². The quantitative estimate of drug-likeness (QED) is 0.555. The zero-order valence-electron chi connectivity index (χ0n) is 10.6. The van der Waals surface area contributed by atoms with E-state index in [-0.39, 0.29) is 5.84 Å². The summed E-state index contributed by atoms with van der Waals surface area (Å²) in [5.74, 6) is 0.383. The van der Waals surface area contributed by atoms with Crippen LogP contribution in [0.5, 0.6) is 0 Å². The molecular weight excluding hydrogens is 252 g/mol. The van der Waals surface area contributed by atoms with Crippen LogP contribution in [0.4, 0.5) is 0 Å². The molecule has 0 unspecified atom stereocenters. The molecule has 0 spiro atoms. The highest BCUT2D eigenvalue weighted by Crippen LogP contribution is 2.19. The second-order valence-electron chi connectivity index (χ2n) is 4.22. The number of nitrogens with two attached hydrogens (primary N) is 1. The summed E-state index contributed by atoms with van der Waals surface area (Å²) < 4.78 is 1.58. The number of aromatic nitrogens is 4. The van der Waals surface area contributed by atoms with E-state index in [1.807, 2.05) is 36.5 Å². The van der Waals surface area contributed by atoms with Crippen molar-refractivity contribution in [1.82, 2.24) is 20.0 Å². The third kappa shape index (κ3) is 2.14. The van der Waals surface area contributed by atoms with Gasteiger partial charge in [0.1, 0.15) is 5.84 Å². The molecule has 20 heavy (non-hydrogen) atoms. The van der Waals surface area contributed by atoms with Gasteiger partial charge in [0.2, 0.25) is 0 Å². The second kappa shape index (κ2) is 4.93. The van der Waals surface area contributed by atoms with Crippen LogP contribution in [0.25, 0.3) is 16.9 Å². The topological polar surface area (TPSA) is 93.5 Å². The van der Waals surface area contributed by atoms with E-state index in [2.05, 4.69) is 15.3 Å². The summed E-state index contributed by atoms with van der Waals surface area (Å²) in [5.41, 5.74) is 8.07. The lowest BCUT2D eigenvalue weighted by molar-refractivity contribution is 0.811. The molecule has 0 fully saturated rings. The van der Waals surface area contributed by atoms with Crippen molar-refractivity contribution in [2.75, 3.05) is 0 Å². The van der Waals surface area contributed by atoms with Gasteiger partial charge in [-0.15, -0.1) is 5.10 Å². The molecule has 3 N–H and O–H groups in total. The molecule has 6 heteroatoms. The Hall–Kier alpha value is -3.02. The largest absolute Gasteiger partial charge is 0.384 e. The van der Waals surface area contributed by atoms with Crippen LogP contribution in [-0.2, 0) is 0 Å². The third-order valence-corrected chi connectivity index (χ3v) is 2.90. The highest BCUT2D eigenvalue weighted by molar-refractivity contribution is 5.97. The maximum atomic E-state index is 7.57. The van der Waals surface area contributed by atoms with Gasteiger partial charge in [-0.3, -0.25) is 5.41 Å². The van der Waals surface area contributed by atoms with Crippen molar-refractivity contribution >= 4 is 5.84 Å². The molecule has 0 aliphatic carbocycles. The Labute approximate surface area is 115 Å². The SMILES string of the molecule is N=C(N)c1ccnnc1-n1cc(-c2ccccc2)cn1. The first-order valence-corrected chi connectivity index (χ1v) is 6.02. The Balaban J connectivity index is 2.05. The van der Waals surface area contributed by atoms with Crippen LogP contribution < -0.4 is 5.73 Å². The highest BCUT2D eigenvalue weighted by atomic mass is 15.3. The number of hydrogen-bond acceptors (Lipinski definition) is 4. The average molecular weight is 264 g/mol. The third-order valence-electron chi connectivity index (χ3n) is 2.90. The number of nitrogen functional groups attached to an aromatic ring is 1. The molecule has 0 saturated carbocycles. The van der Waals surface area contributed by atoms with Gasteiger partial charge in [0.25, 0.3) is 0 Å². The Bertz CT molecular complexity index is 747. The summed E-state index contributed by atoms with van der Waals surface area (Å²) in [5, 5.41) is 19.7. The van der Waals surface area contributed by atoms with Gasteiger partial charge in [-0.25, -0.2) is 4.68 Å². The lowest BCUT2D eigenvalue weighted by Gasteiger charge is -2.04. The Kier molecular flexibility index (Phi) is 2.96. The van der Waals surface area contributed by atoms with E-state index >= 15 is 0 Å². The van der Waals surface area contributed by atoms with E-state index in [0.29, 0.717) is 11.4 Å². The summed E-state index contributed by atoms with van der Waals surface area (Å²) in [7, 11) is 0. The van der Waals surface area contributed by atoms with E-state index in [0.717, 1.165) is 11.1 Å². The summed E-state index contributed by atoms with van der Waals surface area (Å²) >= 11 is 0. The van der Waals surface area contributed by atoms with E-state index in [9.17, 15) is 0 Å². The molecule has 3 rings (SSSR count). The molecule has 2 heterocycles. The van der Waals surface area contributed by atoms with E-state index in [4.69, 9.17) is 11.1 Å². The van der Waals surface area contributed by atoms with E-state index in [1.54, 1.807) is 16.9 Å². The minimum absolute atomic E-state index is 0.0633. The summed E-state index contributed by atoms with van der Waals surface area (Å²) in [6.45, 7) is 0. The average Bonchev–Trinajstić information content (AvgIpc) is 2.98. The van der Waals surface area contributed by atoms with Crippen molar-refractivity contribution in [3.05, 3.63) is 60.6 Å². The van der Waals surface area contributed by atoms with Crippen LogP contribution in [0.1, 0.15) is 5.56 Å². The van der Waals surface area contributed by atoms with Gasteiger partial charge >= 0.3 is 0 Å². The zero-order valence-corrected chi connectivity index (χ0v) is 10.6. The van der Waals surface area contributed by atoms with Gasteiger partial charge in [-0.05, 0) is 11.6 Å². The second-order valence-corrected chi connectivity index (χ2v) is 4.22. The van der Waals surface area contributed by atoms with Crippen molar-refractivity contribution in [3.8, 4) is 16.9 Å². The summed E-state index contributed by atoms with van der Waals surface area (Å²) in [6.07, 6.45) is 5.08. The molecule has 0 atom stereocenters. The van der Waals surface area contributed by atoms with Crippen molar-refractivity contribution < 1.29 is 0 Å². The molecule has 3 aromatic rings. The molecule has 0 amide bonds. The molecule has 98 valence electrons. The van der Waals surface area contributed by atoms with Gasteiger partial charge in [0, 0.05) is 11.8 Å². The minimum atomic E-state index is -0.0633. The number of benzene rings is 1. The maximum absolute atomic E-state index is 7.57. The van der Waals surface area contributed by atoms with Crippen molar-refractivity contribution in [2.45, 2.75) is 0 Å². The van der Waals surface area contributed by atoms with Crippen LogP contribution >= 0.6 is 0 Å². The first kappa shape index (κ1) is 12.0. The molecular formula is C14H12N6. The standard InChI is InChI=1S/C14H12N6/c15-13(16)12-6-7-17-19-14(12)20-9-11(8-18-20)10-4-2-1-3-5-10/h1-9H,(H3,15,16). The fourth-order valence-corrected chi connectivity index (χ4v) is 1.92. The summed E-state index contributed by atoms with van der Waals surface area (Å²) in [6, 6.07) is 11.6. The van der Waals surface area contributed by atoms with Crippen LogP contribution in [0.2, 0.25) is 0 Å². The lowest BCUT2D eigenvalue weighted by atomic mass is 10.1. The van der Waals surface area contributed by atoms with Gasteiger partial charge in [-0.1, -0.05) is 30.3 Å². The highest BCUT2D eigenvalue weighted by Gasteiger charge is 2.11. The fraction of sp³-hybridized carbons (Fsp3) is 0. The van der Waals surface area contributed by atoms with E-state index in [1.165, 1.54) is 6.20 Å². The molecule has 0 aliphatic rings. The van der Waals surface area contributed by atoms with Crippen molar-refractivity contribution in [3.63, 3.8) is 0 Å². The number of nitrogens with zero attached hydrogens (tertiary/aromatic N) is 4. The first-order valence-electron chi connectivity index (χ1n) is 6.02. The number of amidine groups is 1. The Morgan fingerprint density at radius 2 is 1.90 bits per heavy atom. The van der Waals surface area contributed by atoms with Gasteiger partial charge in [-0.2, -0.15) is 10.2 Å². The molecule has 0 saturated heterocycles. The van der Waals surface area contributed by atoms with Crippen LogP contribution in [0, 0.1) is 5.41 Å². The molecule has 0 radical (unpaired) electrons. The molecule has 1 aromatic carbocycles. The lowest BCUT2D eigenvalue weighted by Crippen LogP contribution is -2.16. The predicted molar refractivity (Wildman–Crippen MR) is 75.6 cm³/mol. The summed E-state index contributed by atoms with van der Waals surface area (Å²) in [4.78, 5) is 0. The number of hydrogen-bond donors (Lipinski definition) is 2.